The van der Waals surface area contributed by atoms with Crippen molar-refractivity contribution in [3.05, 3.63) is 46.7 Å². The van der Waals surface area contributed by atoms with Crippen LogP contribution in [0.15, 0.2) is 28.2 Å². The van der Waals surface area contributed by atoms with Crippen LogP contribution in [0.2, 0.25) is 0 Å². The van der Waals surface area contributed by atoms with Gasteiger partial charge >= 0.3 is 0 Å². The zero-order chi connectivity index (χ0) is 15.8. The van der Waals surface area contributed by atoms with Crippen LogP contribution >= 0.6 is 23.1 Å². The molecule has 0 aromatic carbocycles. The molecule has 0 N–H and O–H groups in total. The minimum absolute atomic E-state index is 0.546. The quantitative estimate of drug-likeness (QED) is 0.658. The van der Waals surface area contributed by atoms with Gasteiger partial charge in [0.2, 0.25) is 0 Å². The zero-order valence-electron chi connectivity index (χ0n) is 13.1. The van der Waals surface area contributed by atoms with E-state index < -0.39 is 0 Å². The van der Waals surface area contributed by atoms with Gasteiger partial charge in [-0.1, -0.05) is 11.8 Å². The van der Waals surface area contributed by atoms with Crippen LogP contribution in [0.25, 0.3) is 5.69 Å². The average Bonchev–Trinajstić information content (AvgIpc) is 3.18. The first-order valence-electron chi connectivity index (χ1n) is 7.62. The van der Waals surface area contributed by atoms with Crippen LogP contribution in [-0.4, -0.2) is 24.7 Å². The molecule has 7 heteroatoms. The predicted octanol–water partition coefficient (Wildman–Crippen LogP) is 3.91. The Kier molecular flexibility index (Phi) is 3.90. The van der Waals surface area contributed by atoms with E-state index in [0.29, 0.717) is 5.92 Å². The maximum Gasteiger partial charge on any atom is 0.154 e. The summed E-state index contributed by atoms with van der Waals surface area (Å²) >= 11 is 3.41. The number of aryl methyl sites for hydroxylation is 2. The normalized spacial score (nSPS) is 14.3. The summed E-state index contributed by atoms with van der Waals surface area (Å²) in [4.78, 5) is 13.5. The summed E-state index contributed by atoms with van der Waals surface area (Å²) in [5, 5.41) is 6.85. The van der Waals surface area contributed by atoms with E-state index in [2.05, 4.69) is 22.3 Å². The molecule has 1 fully saturated rings. The van der Waals surface area contributed by atoms with E-state index in [4.69, 9.17) is 10.1 Å². The maximum absolute atomic E-state index is 4.80. The molecule has 4 rings (SSSR count). The van der Waals surface area contributed by atoms with Crippen molar-refractivity contribution < 1.29 is 0 Å². The molecule has 1 aliphatic carbocycles. The molecule has 118 valence electrons. The summed E-state index contributed by atoms with van der Waals surface area (Å²) in [6, 6.07) is 2.00. The fourth-order valence-electron chi connectivity index (χ4n) is 2.39. The summed E-state index contributed by atoms with van der Waals surface area (Å²) < 4.78 is 3.06. The van der Waals surface area contributed by atoms with Crippen LogP contribution in [0.5, 0.6) is 0 Å². The Morgan fingerprint density at radius 1 is 1.30 bits per heavy atom. The molecule has 0 bridgehead atoms. The lowest BCUT2D eigenvalue weighted by molar-refractivity contribution is 0.804. The predicted molar refractivity (Wildman–Crippen MR) is 92.3 cm³/mol. The first-order chi connectivity index (χ1) is 11.2. The van der Waals surface area contributed by atoms with Crippen molar-refractivity contribution in [1.82, 2.24) is 24.7 Å². The molecule has 3 aromatic heterocycles. The van der Waals surface area contributed by atoms with Gasteiger partial charge in [0.05, 0.1) is 11.4 Å². The first kappa shape index (κ1) is 14.8. The van der Waals surface area contributed by atoms with Crippen molar-refractivity contribution in [2.75, 3.05) is 0 Å². The number of hydrogen-bond acceptors (Lipinski definition) is 6. The molecule has 3 heterocycles. The minimum Gasteiger partial charge on any atom is -0.264 e. The van der Waals surface area contributed by atoms with Gasteiger partial charge < -0.3 is 0 Å². The number of rotatable bonds is 5. The van der Waals surface area contributed by atoms with Crippen LogP contribution in [0.3, 0.4) is 0 Å². The third kappa shape index (κ3) is 3.16. The standard InChI is InChI=1S/C16H17N5S2/c1-10-7-17-6-5-13(10)21-14(19-15(20-21)12-3-4-12)9-23-16-18-11(2)8-22-16/h5-8,12H,3-4,9H2,1-2H3. The molecule has 0 unspecified atom stereocenters. The smallest absolute Gasteiger partial charge is 0.154 e. The van der Waals surface area contributed by atoms with E-state index in [1.165, 1.54) is 12.8 Å². The van der Waals surface area contributed by atoms with Crippen molar-refractivity contribution in [2.24, 2.45) is 0 Å². The van der Waals surface area contributed by atoms with Crippen molar-refractivity contribution in [2.45, 2.75) is 42.7 Å². The molecule has 0 atom stereocenters. The molecule has 0 spiro atoms. The molecule has 0 amide bonds. The number of hydrogen-bond donors (Lipinski definition) is 0. The molecular weight excluding hydrogens is 326 g/mol. The number of thioether (sulfide) groups is 1. The highest BCUT2D eigenvalue weighted by atomic mass is 32.2. The SMILES string of the molecule is Cc1csc(SCc2nc(C3CC3)nn2-c2ccncc2C)n1. The van der Waals surface area contributed by atoms with E-state index >= 15 is 0 Å². The molecule has 0 aliphatic heterocycles. The van der Waals surface area contributed by atoms with Gasteiger partial charge in [-0.2, -0.15) is 5.10 Å². The highest BCUT2D eigenvalue weighted by Crippen LogP contribution is 2.39. The highest BCUT2D eigenvalue weighted by Gasteiger charge is 2.29. The summed E-state index contributed by atoms with van der Waals surface area (Å²) in [6.07, 6.45) is 6.09. The monoisotopic (exact) mass is 343 g/mol. The lowest BCUT2D eigenvalue weighted by atomic mass is 10.2. The molecule has 0 radical (unpaired) electrons. The molecule has 1 saturated carbocycles. The molecule has 3 aromatic rings. The van der Waals surface area contributed by atoms with Crippen molar-refractivity contribution in [1.29, 1.82) is 0 Å². The van der Waals surface area contributed by atoms with Crippen LogP contribution in [-0.2, 0) is 5.75 Å². The fraction of sp³-hybridized carbons (Fsp3) is 0.375. The summed E-state index contributed by atoms with van der Waals surface area (Å²) in [5.74, 6) is 3.28. The lowest BCUT2D eigenvalue weighted by Crippen LogP contribution is -2.04. The number of aromatic nitrogens is 5. The number of nitrogens with zero attached hydrogens (tertiary/aromatic N) is 5. The second kappa shape index (κ2) is 6.05. The maximum atomic E-state index is 4.80. The van der Waals surface area contributed by atoms with E-state index in [1.54, 1.807) is 23.1 Å². The van der Waals surface area contributed by atoms with Crippen LogP contribution in [0.1, 0.15) is 41.7 Å². The Morgan fingerprint density at radius 2 is 2.17 bits per heavy atom. The second-order valence-electron chi connectivity index (χ2n) is 5.78. The van der Waals surface area contributed by atoms with Gasteiger partial charge in [0.25, 0.3) is 0 Å². The topological polar surface area (TPSA) is 56.5 Å². The van der Waals surface area contributed by atoms with Gasteiger partial charge in [-0.25, -0.2) is 14.6 Å². The molecule has 0 saturated heterocycles. The van der Waals surface area contributed by atoms with Crippen LogP contribution < -0.4 is 0 Å². The van der Waals surface area contributed by atoms with Gasteiger partial charge in [0, 0.05) is 29.4 Å². The summed E-state index contributed by atoms with van der Waals surface area (Å²) in [7, 11) is 0. The summed E-state index contributed by atoms with van der Waals surface area (Å²) in [5.41, 5.74) is 3.24. The van der Waals surface area contributed by atoms with Gasteiger partial charge in [0.15, 0.2) is 10.2 Å². The third-order valence-corrected chi connectivity index (χ3v) is 5.91. The Balaban J connectivity index is 1.65. The van der Waals surface area contributed by atoms with E-state index in [1.807, 2.05) is 30.1 Å². The Morgan fingerprint density at radius 3 is 2.87 bits per heavy atom. The fourth-order valence-corrected chi connectivity index (χ4v) is 4.15. The summed E-state index contributed by atoms with van der Waals surface area (Å²) in [6.45, 7) is 4.08. The number of pyridine rings is 1. The Hall–Kier alpha value is -1.73. The van der Waals surface area contributed by atoms with Gasteiger partial charge in [0.1, 0.15) is 5.82 Å². The third-order valence-electron chi connectivity index (χ3n) is 3.77. The van der Waals surface area contributed by atoms with E-state index in [9.17, 15) is 0 Å². The van der Waals surface area contributed by atoms with Crippen LogP contribution in [0, 0.1) is 13.8 Å². The minimum atomic E-state index is 0.546. The number of thiazole rings is 1. The second-order valence-corrected chi connectivity index (χ2v) is 7.86. The highest BCUT2D eigenvalue weighted by molar-refractivity contribution is 8.00. The average molecular weight is 343 g/mol. The van der Waals surface area contributed by atoms with Gasteiger partial charge in [-0.3, -0.25) is 4.98 Å². The molecule has 5 nitrogen and oxygen atoms in total. The molecular formula is C16H17N5S2. The molecule has 23 heavy (non-hydrogen) atoms. The Bertz CT molecular complexity index is 835. The van der Waals surface area contributed by atoms with Crippen molar-refractivity contribution in [3.63, 3.8) is 0 Å². The zero-order valence-corrected chi connectivity index (χ0v) is 14.7. The molecule has 1 aliphatic rings. The lowest BCUT2D eigenvalue weighted by Gasteiger charge is -2.07. The first-order valence-corrected chi connectivity index (χ1v) is 9.49. The van der Waals surface area contributed by atoms with E-state index in [-0.39, 0.29) is 0 Å². The van der Waals surface area contributed by atoms with Crippen LogP contribution in [0.4, 0.5) is 0 Å². The largest absolute Gasteiger partial charge is 0.264 e. The van der Waals surface area contributed by atoms with Crippen molar-refractivity contribution in [3.8, 4) is 5.69 Å². The van der Waals surface area contributed by atoms with Crippen molar-refractivity contribution >= 4 is 23.1 Å². The Labute approximate surface area is 143 Å². The van der Waals surface area contributed by atoms with Gasteiger partial charge in [-0.15, -0.1) is 11.3 Å². The van der Waals surface area contributed by atoms with E-state index in [0.717, 1.165) is 38.7 Å². The van der Waals surface area contributed by atoms with Gasteiger partial charge in [-0.05, 0) is 38.3 Å².